The lowest BCUT2D eigenvalue weighted by Crippen LogP contribution is -2.37. The predicted molar refractivity (Wildman–Crippen MR) is 106 cm³/mol. The van der Waals surface area contributed by atoms with Crippen molar-refractivity contribution in [1.29, 1.82) is 5.26 Å². The van der Waals surface area contributed by atoms with Crippen LogP contribution in [0.4, 0.5) is 17.5 Å². The second-order valence-electron chi connectivity index (χ2n) is 7.86. The summed E-state index contributed by atoms with van der Waals surface area (Å²) in [5, 5.41) is 17.2. The number of nitrogens with zero attached hydrogens (tertiary/aromatic N) is 6. The fourth-order valence-corrected chi connectivity index (χ4v) is 3.97. The van der Waals surface area contributed by atoms with Gasteiger partial charge in [0.1, 0.15) is 11.2 Å². The van der Waals surface area contributed by atoms with Crippen LogP contribution in [0.5, 0.6) is 0 Å². The second kappa shape index (κ2) is 7.79. The minimum atomic E-state index is -0.983. The van der Waals surface area contributed by atoms with Crippen LogP contribution in [0.3, 0.4) is 0 Å². The Balaban J connectivity index is 1.49. The van der Waals surface area contributed by atoms with E-state index >= 15 is 0 Å². The Morgan fingerprint density at radius 2 is 2.17 bits per heavy atom. The molecule has 2 aliphatic rings. The molecule has 0 radical (unpaired) electrons. The third kappa shape index (κ3) is 3.56. The van der Waals surface area contributed by atoms with Gasteiger partial charge in [0.15, 0.2) is 0 Å². The van der Waals surface area contributed by atoms with Gasteiger partial charge in [0.05, 0.1) is 24.0 Å². The Labute approximate surface area is 169 Å². The largest absolute Gasteiger partial charge is 0.381 e. The summed E-state index contributed by atoms with van der Waals surface area (Å²) in [6.07, 6.45) is 7.69. The van der Waals surface area contributed by atoms with Crippen LogP contribution in [-0.4, -0.2) is 45.4 Å². The molecule has 2 aliphatic heterocycles. The van der Waals surface area contributed by atoms with E-state index in [-0.39, 0.29) is 11.8 Å². The van der Waals surface area contributed by atoms with Gasteiger partial charge in [-0.3, -0.25) is 14.4 Å². The molecule has 29 heavy (non-hydrogen) atoms. The number of hydrogen-bond donors (Lipinski definition) is 1. The van der Waals surface area contributed by atoms with Crippen molar-refractivity contribution in [2.75, 3.05) is 30.0 Å². The van der Waals surface area contributed by atoms with E-state index in [1.165, 1.54) is 0 Å². The maximum Gasteiger partial charge on any atom is 0.248 e. The van der Waals surface area contributed by atoms with E-state index < -0.39 is 5.41 Å². The van der Waals surface area contributed by atoms with E-state index in [2.05, 4.69) is 26.5 Å². The molecule has 1 amide bonds. The Hall–Kier alpha value is -2.99. The first-order valence-corrected chi connectivity index (χ1v) is 9.98. The van der Waals surface area contributed by atoms with Gasteiger partial charge in [-0.2, -0.15) is 15.3 Å². The molecule has 9 heteroatoms. The molecule has 1 unspecified atom stereocenters. The number of nitriles is 1. The van der Waals surface area contributed by atoms with Crippen molar-refractivity contribution in [2.24, 2.45) is 11.3 Å². The zero-order chi connectivity index (χ0) is 20.4. The molecular formula is C20H25N7O2. The van der Waals surface area contributed by atoms with Crippen LogP contribution in [0, 0.1) is 22.7 Å². The van der Waals surface area contributed by atoms with Crippen LogP contribution < -0.4 is 10.2 Å². The van der Waals surface area contributed by atoms with Crippen LogP contribution >= 0.6 is 0 Å². The lowest BCUT2D eigenvalue weighted by Gasteiger charge is -2.24. The number of anilines is 3. The van der Waals surface area contributed by atoms with Gasteiger partial charge in [-0.25, -0.2) is 4.98 Å². The third-order valence-electron chi connectivity index (χ3n) is 5.88. The van der Waals surface area contributed by atoms with E-state index in [1.54, 1.807) is 23.4 Å². The van der Waals surface area contributed by atoms with Gasteiger partial charge in [-0.05, 0) is 31.2 Å². The van der Waals surface area contributed by atoms with Gasteiger partial charge in [0.25, 0.3) is 0 Å². The summed E-state index contributed by atoms with van der Waals surface area (Å²) in [6.45, 7) is 5.80. The predicted octanol–water partition coefficient (Wildman–Crippen LogP) is 2.67. The molecule has 2 saturated heterocycles. The van der Waals surface area contributed by atoms with Gasteiger partial charge in [0.2, 0.25) is 11.9 Å². The zero-order valence-corrected chi connectivity index (χ0v) is 16.7. The highest BCUT2D eigenvalue weighted by Crippen LogP contribution is 2.40. The summed E-state index contributed by atoms with van der Waals surface area (Å²) in [6, 6.07) is 4.28. The monoisotopic (exact) mass is 395 g/mol. The Kier molecular flexibility index (Phi) is 5.20. The molecule has 152 valence electrons. The number of ether oxygens (including phenoxy) is 1. The standard InChI is InChI=1S/C20H25N7O2/c1-14(2)20(13-21)6-8-26(18(20)28)17-3-7-22-19(25-17)24-15-11-23-27(12-15)16-4-9-29-10-5-16/h3,7,11-12,14,16H,4-6,8-10H2,1-2H3,(H,22,24,25). The minimum absolute atomic E-state index is 0.0551. The highest BCUT2D eigenvalue weighted by Gasteiger charge is 2.50. The summed E-state index contributed by atoms with van der Waals surface area (Å²) < 4.78 is 7.35. The second-order valence-corrected chi connectivity index (χ2v) is 7.86. The zero-order valence-electron chi connectivity index (χ0n) is 16.7. The van der Waals surface area contributed by atoms with Crippen LogP contribution in [0.15, 0.2) is 24.7 Å². The molecule has 9 nitrogen and oxygen atoms in total. The molecule has 0 bridgehead atoms. The first kappa shape index (κ1) is 19.3. The molecular weight excluding hydrogens is 370 g/mol. The van der Waals surface area contributed by atoms with Gasteiger partial charge in [0, 0.05) is 32.2 Å². The lowest BCUT2D eigenvalue weighted by atomic mass is 9.77. The van der Waals surface area contributed by atoms with Crippen molar-refractivity contribution in [3.8, 4) is 6.07 Å². The average Bonchev–Trinajstić information content (AvgIpc) is 3.34. The Bertz CT molecular complexity index is 929. The quantitative estimate of drug-likeness (QED) is 0.829. The number of amides is 1. The number of carbonyl (C=O) groups is 1. The van der Waals surface area contributed by atoms with Crippen molar-refractivity contribution in [1.82, 2.24) is 19.7 Å². The molecule has 2 fully saturated rings. The number of hydrogen-bond acceptors (Lipinski definition) is 7. The van der Waals surface area contributed by atoms with Crippen LogP contribution in [-0.2, 0) is 9.53 Å². The topological polar surface area (TPSA) is 109 Å². The van der Waals surface area contributed by atoms with Gasteiger partial charge < -0.3 is 10.1 Å². The number of aromatic nitrogens is 4. The number of rotatable bonds is 5. The van der Waals surface area contributed by atoms with E-state index in [0.717, 1.165) is 31.7 Å². The summed E-state index contributed by atoms with van der Waals surface area (Å²) in [5.41, 5.74) is -0.196. The molecule has 0 aliphatic carbocycles. The summed E-state index contributed by atoms with van der Waals surface area (Å²) in [4.78, 5) is 23.3. The average molecular weight is 395 g/mol. The number of carbonyl (C=O) groups excluding carboxylic acids is 1. The highest BCUT2D eigenvalue weighted by molar-refractivity contribution is 6.01. The van der Waals surface area contributed by atoms with E-state index in [1.807, 2.05) is 24.7 Å². The molecule has 0 aromatic carbocycles. The van der Waals surface area contributed by atoms with Gasteiger partial charge in [-0.1, -0.05) is 13.8 Å². The fourth-order valence-electron chi connectivity index (χ4n) is 3.97. The smallest absolute Gasteiger partial charge is 0.248 e. The molecule has 2 aromatic rings. The Morgan fingerprint density at radius 3 is 2.86 bits per heavy atom. The van der Waals surface area contributed by atoms with Crippen molar-refractivity contribution >= 4 is 23.4 Å². The van der Waals surface area contributed by atoms with Crippen LogP contribution in [0.25, 0.3) is 0 Å². The molecule has 4 rings (SSSR count). The van der Waals surface area contributed by atoms with E-state index in [0.29, 0.717) is 30.8 Å². The number of nitrogens with one attached hydrogen (secondary N) is 1. The SMILES string of the molecule is CC(C)C1(C#N)CCN(c2ccnc(Nc3cnn(C4CCOCC4)c3)n2)C1=O. The van der Waals surface area contributed by atoms with Gasteiger partial charge >= 0.3 is 0 Å². The third-order valence-corrected chi connectivity index (χ3v) is 5.88. The highest BCUT2D eigenvalue weighted by atomic mass is 16.5. The van der Waals surface area contributed by atoms with Crippen molar-refractivity contribution in [3.63, 3.8) is 0 Å². The molecule has 1 N–H and O–H groups in total. The molecule has 0 spiro atoms. The fraction of sp³-hybridized carbons (Fsp3) is 0.550. The first-order valence-electron chi connectivity index (χ1n) is 9.98. The summed E-state index contributed by atoms with van der Waals surface area (Å²) in [7, 11) is 0. The van der Waals surface area contributed by atoms with Crippen molar-refractivity contribution in [2.45, 2.75) is 39.2 Å². The molecule has 4 heterocycles. The Morgan fingerprint density at radius 1 is 1.38 bits per heavy atom. The van der Waals surface area contributed by atoms with E-state index in [9.17, 15) is 10.1 Å². The summed E-state index contributed by atoms with van der Waals surface area (Å²) >= 11 is 0. The molecule has 2 aromatic heterocycles. The van der Waals surface area contributed by atoms with E-state index in [4.69, 9.17) is 4.74 Å². The van der Waals surface area contributed by atoms with Crippen LogP contribution in [0.1, 0.15) is 39.2 Å². The van der Waals surface area contributed by atoms with Gasteiger partial charge in [-0.15, -0.1) is 0 Å². The normalized spacial score (nSPS) is 22.8. The maximum absolute atomic E-state index is 12.9. The summed E-state index contributed by atoms with van der Waals surface area (Å²) in [5.74, 6) is 0.648. The van der Waals surface area contributed by atoms with Crippen molar-refractivity contribution < 1.29 is 9.53 Å². The first-order chi connectivity index (χ1) is 14.0. The van der Waals surface area contributed by atoms with Crippen LogP contribution in [0.2, 0.25) is 0 Å². The molecule has 1 atom stereocenters. The minimum Gasteiger partial charge on any atom is -0.381 e. The maximum atomic E-state index is 12.9. The lowest BCUT2D eigenvalue weighted by molar-refractivity contribution is -0.124. The van der Waals surface area contributed by atoms with Crippen molar-refractivity contribution in [3.05, 3.63) is 24.7 Å². The molecule has 0 saturated carbocycles.